The first-order chi connectivity index (χ1) is 11.6. The third-order valence-corrected chi connectivity index (χ3v) is 3.02. The molecule has 0 amide bonds. The molecular weight excluding hydrogens is 327 g/mol. The van der Waals surface area contributed by atoms with Gasteiger partial charge in [0.1, 0.15) is 23.6 Å². The molecule has 6 nitrogen and oxygen atoms in total. The third-order valence-electron chi connectivity index (χ3n) is 3.02. The van der Waals surface area contributed by atoms with E-state index in [1.54, 1.807) is 0 Å². The smallest absolute Gasteiger partial charge is 0.298 e. The monoisotopic (exact) mass is 337 g/mol. The van der Waals surface area contributed by atoms with Gasteiger partial charge in [-0.2, -0.15) is 0 Å². The molecule has 9 heteroatoms. The molecule has 24 heavy (non-hydrogen) atoms. The van der Waals surface area contributed by atoms with Crippen molar-refractivity contribution < 1.29 is 27.2 Å². The number of benzene rings is 1. The fourth-order valence-corrected chi connectivity index (χ4v) is 1.95. The van der Waals surface area contributed by atoms with Gasteiger partial charge in [0.2, 0.25) is 17.5 Å². The van der Waals surface area contributed by atoms with E-state index < -0.39 is 18.0 Å². The van der Waals surface area contributed by atoms with Crippen LogP contribution in [0.25, 0.3) is 11.3 Å². The second-order valence-electron chi connectivity index (χ2n) is 4.53. The van der Waals surface area contributed by atoms with Gasteiger partial charge in [-0.15, -0.1) is 0 Å². The zero-order valence-corrected chi connectivity index (χ0v) is 12.2. The predicted molar refractivity (Wildman–Crippen MR) is 75.5 cm³/mol. The second kappa shape index (κ2) is 6.57. The molecule has 0 radical (unpaired) electrons. The first-order valence-corrected chi connectivity index (χ1v) is 6.66. The number of methoxy groups -OCH3 is 1. The highest BCUT2D eigenvalue weighted by Gasteiger charge is 2.21. The fourth-order valence-electron chi connectivity index (χ4n) is 1.95. The molecule has 0 unspecified atom stereocenters. The Morgan fingerprint density at radius 2 is 1.92 bits per heavy atom. The van der Waals surface area contributed by atoms with Crippen molar-refractivity contribution in [2.24, 2.45) is 0 Å². The number of ether oxygens (including phenoxy) is 2. The standard InChI is InChI=1S/C15H10F3N3O3/c1-22-12-6-13(20-7-19-12)23-10-4-2-3-8(16)14(10)9-5-11(15(17)18)24-21-9/h2-7,15H,1H3. The van der Waals surface area contributed by atoms with Crippen LogP contribution in [0.2, 0.25) is 0 Å². The number of aromatic nitrogens is 3. The molecule has 3 aromatic rings. The SMILES string of the molecule is COc1cc(Oc2cccc(F)c2-c2cc(C(F)F)on2)ncn1. The Morgan fingerprint density at radius 1 is 1.12 bits per heavy atom. The maximum Gasteiger partial charge on any atom is 0.298 e. The summed E-state index contributed by atoms with van der Waals surface area (Å²) in [6.07, 6.45) is -1.65. The van der Waals surface area contributed by atoms with Gasteiger partial charge in [0, 0.05) is 6.07 Å². The lowest BCUT2D eigenvalue weighted by atomic mass is 10.1. The highest BCUT2D eigenvalue weighted by molar-refractivity contribution is 5.68. The third kappa shape index (κ3) is 3.14. The van der Waals surface area contributed by atoms with E-state index in [1.165, 1.54) is 31.6 Å². The van der Waals surface area contributed by atoms with Gasteiger partial charge in [-0.05, 0) is 12.1 Å². The number of alkyl halides is 2. The molecule has 0 saturated carbocycles. The Hall–Kier alpha value is -3.10. The van der Waals surface area contributed by atoms with Crippen molar-refractivity contribution in [1.29, 1.82) is 0 Å². The van der Waals surface area contributed by atoms with E-state index in [4.69, 9.17) is 9.47 Å². The highest BCUT2D eigenvalue weighted by Crippen LogP contribution is 2.36. The van der Waals surface area contributed by atoms with Crippen LogP contribution in [0.1, 0.15) is 12.2 Å². The maximum atomic E-state index is 14.2. The van der Waals surface area contributed by atoms with Gasteiger partial charge in [0.15, 0.2) is 0 Å². The lowest BCUT2D eigenvalue weighted by Gasteiger charge is -2.09. The molecule has 0 fully saturated rings. The normalized spacial score (nSPS) is 10.9. The lowest BCUT2D eigenvalue weighted by molar-refractivity contribution is 0.112. The van der Waals surface area contributed by atoms with Crippen LogP contribution in [0, 0.1) is 5.82 Å². The molecule has 0 atom stereocenters. The molecule has 0 aliphatic heterocycles. The Balaban J connectivity index is 2.00. The van der Waals surface area contributed by atoms with Crippen molar-refractivity contribution in [3.63, 3.8) is 0 Å². The van der Waals surface area contributed by atoms with E-state index >= 15 is 0 Å². The summed E-state index contributed by atoms with van der Waals surface area (Å²) >= 11 is 0. The Morgan fingerprint density at radius 3 is 2.62 bits per heavy atom. The largest absolute Gasteiger partial charge is 0.481 e. The summed E-state index contributed by atoms with van der Waals surface area (Å²) in [7, 11) is 1.42. The van der Waals surface area contributed by atoms with Crippen LogP contribution in [0.5, 0.6) is 17.5 Å². The molecule has 0 bridgehead atoms. The van der Waals surface area contributed by atoms with Gasteiger partial charge in [-0.1, -0.05) is 11.2 Å². The van der Waals surface area contributed by atoms with E-state index in [1.807, 2.05) is 0 Å². The molecule has 3 rings (SSSR count). The summed E-state index contributed by atoms with van der Waals surface area (Å²) in [5.41, 5.74) is -0.231. The van der Waals surface area contributed by atoms with Crippen LogP contribution >= 0.6 is 0 Å². The molecule has 2 aromatic heterocycles. The van der Waals surface area contributed by atoms with E-state index in [-0.39, 0.29) is 28.8 Å². The second-order valence-corrected chi connectivity index (χ2v) is 4.53. The lowest BCUT2D eigenvalue weighted by Crippen LogP contribution is -1.95. The molecule has 2 heterocycles. The van der Waals surface area contributed by atoms with Crippen LogP contribution < -0.4 is 9.47 Å². The minimum Gasteiger partial charge on any atom is -0.481 e. The molecule has 0 aliphatic rings. The molecular formula is C15H10F3N3O3. The van der Waals surface area contributed by atoms with E-state index in [2.05, 4.69) is 19.6 Å². The average molecular weight is 337 g/mol. The first kappa shape index (κ1) is 15.8. The number of hydrogen-bond donors (Lipinski definition) is 0. The van der Waals surface area contributed by atoms with Crippen LogP contribution in [0.4, 0.5) is 13.2 Å². The van der Waals surface area contributed by atoms with Gasteiger partial charge < -0.3 is 14.0 Å². The van der Waals surface area contributed by atoms with Crippen molar-refractivity contribution in [2.45, 2.75) is 6.43 Å². The summed E-state index contributed by atoms with van der Waals surface area (Å²) in [5, 5.41) is 3.47. The topological polar surface area (TPSA) is 70.3 Å². The quantitative estimate of drug-likeness (QED) is 0.700. The van der Waals surface area contributed by atoms with Crippen LogP contribution in [0.3, 0.4) is 0 Å². The summed E-state index contributed by atoms with van der Waals surface area (Å²) in [5.74, 6) is -0.999. The fraction of sp³-hybridized carbons (Fsp3) is 0.133. The number of hydrogen-bond acceptors (Lipinski definition) is 6. The van der Waals surface area contributed by atoms with Gasteiger partial charge in [-0.25, -0.2) is 23.1 Å². The molecule has 0 spiro atoms. The minimum atomic E-state index is -2.85. The van der Waals surface area contributed by atoms with Crippen molar-refractivity contribution in [1.82, 2.24) is 15.1 Å². The number of nitrogens with zero attached hydrogens (tertiary/aromatic N) is 3. The number of rotatable bonds is 5. The van der Waals surface area contributed by atoms with Crippen molar-refractivity contribution in [3.8, 4) is 28.8 Å². The Kier molecular flexibility index (Phi) is 4.32. The van der Waals surface area contributed by atoms with E-state index in [9.17, 15) is 13.2 Å². The zero-order valence-electron chi connectivity index (χ0n) is 12.2. The van der Waals surface area contributed by atoms with Gasteiger partial charge in [-0.3, -0.25) is 0 Å². The minimum absolute atomic E-state index is 0.0323. The van der Waals surface area contributed by atoms with Gasteiger partial charge in [0.25, 0.3) is 6.43 Å². The van der Waals surface area contributed by atoms with Crippen molar-refractivity contribution in [2.75, 3.05) is 7.11 Å². The summed E-state index contributed by atoms with van der Waals surface area (Å²) in [6, 6.07) is 6.35. The molecule has 124 valence electrons. The van der Waals surface area contributed by atoms with Crippen LogP contribution in [-0.2, 0) is 0 Å². The van der Waals surface area contributed by atoms with Crippen molar-refractivity contribution >= 4 is 0 Å². The van der Waals surface area contributed by atoms with E-state index in [0.29, 0.717) is 0 Å². The van der Waals surface area contributed by atoms with E-state index in [0.717, 1.165) is 12.1 Å². The van der Waals surface area contributed by atoms with Crippen LogP contribution in [0.15, 0.2) is 41.2 Å². The van der Waals surface area contributed by atoms with Crippen molar-refractivity contribution in [3.05, 3.63) is 48.2 Å². The number of halogens is 3. The Labute approximate surface area is 133 Å². The van der Waals surface area contributed by atoms with Crippen LogP contribution in [-0.4, -0.2) is 22.2 Å². The molecule has 1 aromatic carbocycles. The predicted octanol–water partition coefficient (Wildman–Crippen LogP) is 4.01. The molecule has 0 N–H and O–H groups in total. The molecule has 0 aliphatic carbocycles. The average Bonchev–Trinajstić information content (AvgIpc) is 3.05. The zero-order chi connectivity index (χ0) is 17.1. The molecule has 0 saturated heterocycles. The summed E-state index contributed by atoms with van der Waals surface area (Å²) in [4.78, 5) is 7.70. The summed E-state index contributed by atoms with van der Waals surface area (Å²) < 4.78 is 54.4. The van der Waals surface area contributed by atoms with Gasteiger partial charge in [0.05, 0.1) is 18.7 Å². The Bertz CT molecular complexity index is 855. The highest BCUT2D eigenvalue weighted by atomic mass is 19.3. The maximum absolute atomic E-state index is 14.2. The van der Waals surface area contributed by atoms with Gasteiger partial charge >= 0.3 is 0 Å². The first-order valence-electron chi connectivity index (χ1n) is 6.66. The summed E-state index contributed by atoms with van der Waals surface area (Å²) in [6.45, 7) is 0.